The van der Waals surface area contributed by atoms with E-state index in [2.05, 4.69) is 205 Å². The molecule has 0 aliphatic carbocycles. The number of hydrogen-bond donors (Lipinski definition) is 0. The summed E-state index contributed by atoms with van der Waals surface area (Å²) in [6.07, 6.45) is 12.5. The third-order valence-electron chi connectivity index (χ3n) is 16.3. The number of pyridine rings is 5. The molecular weight excluding hydrogens is 1010 g/mol. The van der Waals surface area contributed by atoms with Crippen molar-refractivity contribution < 1.29 is 5.48 Å². The van der Waals surface area contributed by atoms with Crippen LogP contribution in [0.2, 0.25) is 0 Å². The van der Waals surface area contributed by atoms with Gasteiger partial charge in [0.2, 0.25) is 0 Å². The third-order valence-corrected chi connectivity index (χ3v) is 16.3. The highest BCUT2D eigenvalue weighted by atomic mass is 15.0. The summed E-state index contributed by atoms with van der Waals surface area (Å²) >= 11 is 0. The number of hydrogen-bond acceptors (Lipinski definition) is 5. The molecule has 0 saturated carbocycles. The first-order valence-electron chi connectivity index (χ1n) is 29.7. The Morgan fingerprint density at radius 2 is 0.819 bits per heavy atom. The normalized spacial score (nSPS) is 12.5. The summed E-state index contributed by atoms with van der Waals surface area (Å²) in [6, 6.07) is 81.5. The second-order valence-electron chi connectivity index (χ2n) is 21.0. The Bertz CT molecular complexity index is 5400. The lowest BCUT2D eigenvalue weighted by atomic mass is 9.84. The second kappa shape index (κ2) is 19.6. The molecule has 0 N–H and O–H groups in total. The van der Waals surface area contributed by atoms with Crippen molar-refractivity contribution >= 4 is 54.9 Å². The average molecular weight is 1060 g/mol. The lowest BCUT2D eigenvalue weighted by Crippen LogP contribution is -1.95. The van der Waals surface area contributed by atoms with Gasteiger partial charge in [-0.3, -0.25) is 23.8 Å². The number of nitrogens with zero attached hydrogens (tertiary/aromatic N) is 7. The molecule has 7 aromatic heterocycles. The van der Waals surface area contributed by atoms with E-state index in [1.165, 1.54) is 0 Å². The number of imidazole rings is 2. The molecule has 0 spiro atoms. The average Bonchev–Trinajstić information content (AvgIpc) is 2.86. The van der Waals surface area contributed by atoms with Crippen molar-refractivity contribution in [3.8, 4) is 100 Å². The Hall–Kier alpha value is -11.2. The van der Waals surface area contributed by atoms with Crippen molar-refractivity contribution in [2.45, 2.75) is 6.85 Å². The number of aromatic nitrogens is 7. The van der Waals surface area contributed by atoms with Gasteiger partial charge in [0, 0.05) is 74.6 Å². The molecule has 7 heterocycles. The maximum atomic E-state index is 8.86. The standard InChI is InChI=1S/C76H49N7/c1-48-34-37-79-74-66-33-29-53(47-71(66)83-41-39-81-76(83)72(48)74)59-17-6-8-19-61(59)56-42-55(60-18-7-5-16-58(60)52-28-32-65-70(46-52)82-40-38-80-75(82)67-22-13-36-78-73(65)67)43-57(44-56)62-20-9-10-21-63(62)64-31-30-54(69-23-11-12-35-77-69)45-68(64)51-26-24-50(25-27-51)49-14-3-2-4-15-49/h2-47H,1H3/i1D3,22D. The van der Waals surface area contributed by atoms with Gasteiger partial charge < -0.3 is 0 Å². The molecule has 0 saturated heterocycles. The lowest BCUT2D eigenvalue weighted by molar-refractivity contribution is 1.26. The van der Waals surface area contributed by atoms with Crippen LogP contribution in [0.1, 0.15) is 11.0 Å². The van der Waals surface area contributed by atoms with Crippen LogP contribution in [0, 0.1) is 6.85 Å². The molecule has 9 aromatic carbocycles. The fourth-order valence-corrected chi connectivity index (χ4v) is 12.4. The molecule has 83 heavy (non-hydrogen) atoms. The van der Waals surface area contributed by atoms with E-state index in [9.17, 15) is 0 Å². The van der Waals surface area contributed by atoms with E-state index in [4.69, 9.17) is 30.4 Å². The third kappa shape index (κ3) is 8.08. The molecule has 7 nitrogen and oxygen atoms in total. The maximum absolute atomic E-state index is 8.86. The molecule has 7 heteroatoms. The summed E-state index contributed by atoms with van der Waals surface area (Å²) in [4.78, 5) is 23.9. The van der Waals surface area contributed by atoms with Gasteiger partial charge in [-0.2, -0.15) is 0 Å². The fourth-order valence-electron chi connectivity index (χ4n) is 12.4. The van der Waals surface area contributed by atoms with E-state index in [1.807, 2.05) is 41.2 Å². The Labute approximate surface area is 484 Å². The zero-order chi connectivity index (χ0) is 58.3. The molecule has 0 fully saturated rings. The fraction of sp³-hybridized carbons (Fsp3) is 0.0132. The van der Waals surface area contributed by atoms with Crippen LogP contribution in [-0.2, 0) is 0 Å². The van der Waals surface area contributed by atoms with Gasteiger partial charge in [0.05, 0.1) is 29.1 Å². The van der Waals surface area contributed by atoms with Crippen LogP contribution in [-0.4, -0.2) is 33.7 Å². The summed E-state index contributed by atoms with van der Waals surface area (Å²) in [6.45, 7) is -2.36. The van der Waals surface area contributed by atoms with Crippen LogP contribution in [0.4, 0.5) is 0 Å². The minimum absolute atomic E-state index is 0.222. The zero-order valence-electron chi connectivity index (χ0n) is 48.6. The van der Waals surface area contributed by atoms with Gasteiger partial charge in [-0.1, -0.05) is 170 Å². The van der Waals surface area contributed by atoms with Crippen molar-refractivity contribution in [3.63, 3.8) is 0 Å². The van der Waals surface area contributed by atoms with E-state index >= 15 is 0 Å². The quantitative estimate of drug-likeness (QED) is 0.135. The Morgan fingerprint density at radius 1 is 0.313 bits per heavy atom. The molecule has 0 bridgehead atoms. The highest BCUT2D eigenvalue weighted by molar-refractivity contribution is 6.13. The van der Waals surface area contributed by atoms with Crippen molar-refractivity contribution in [1.82, 2.24) is 33.7 Å². The molecular formula is C76H49N7. The number of rotatable bonds is 9. The van der Waals surface area contributed by atoms with Crippen molar-refractivity contribution in [2.75, 3.05) is 0 Å². The second-order valence-corrected chi connectivity index (χ2v) is 21.0. The molecule has 16 rings (SSSR count). The lowest BCUT2D eigenvalue weighted by Gasteiger charge is -2.20. The van der Waals surface area contributed by atoms with Gasteiger partial charge in [0.25, 0.3) is 0 Å². The number of fused-ring (bicyclic) bond motifs is 12. The largest absolute Gasteiger partial charge is 0.299 e. The maximum Gasteiger partial charge on any atom is 0.146 e. The molecule has 0 atom stereocenters. The van der Waals surface area contributed by atoms with Gasteiger partial charge in [-0.25, -0.2) is 9.97 Å². The predicted molar refractivity (Wildman–Crippen MR) is 341 cm³/mol. The smallest absolute Gasteiger partial charge is 0.146 e. The van der Waals surface area contributed by atoms with Gasteiger partial charge in [0.1, 0.15) is 11.3 Å². The van der Waals surface area contributed by atoms with E-state index in [0.717, 1.165) is 133 Å². The highest BCUT2D eigenvalue weighted by Gasteiger charge is 2.21. The van der Waals surface area contributed by atoms with Gasteiger partial charge >= 0.3 is 0 Å². The van der Waals surface area contributed by atoms with E-state index in [-0.39, 0.29) is 5.56 Å². The Balaban J connectivity index is 0.910. The molecule has 16 aromatic rings. The van der Waals surface area contributed by atoms with Crippen LogP contribution < -0.4 is 0 Å². The topological polar surface area (TPSA) is 73.3 Å². The molecule has 0 radical (unpaired) electrons. The molecule has 0 aliphatic heterocycles. The van der Waals surface area contributed by atoms with Gasteiger partial charge in [-0.15, -0.1) is 0 Å². The van der Waals surface area contributed by atoms with Crippen LogP contribution in [0.15, 0.2) is 280 Å². The first kappa shape index (κ1) is 43.7. The van der Waals surface area contributed by atoms with Crippen LogP contribution >= 0.6 is 0 Å². The molecule has 388 valence electrons. The molecule has 0 unspecified atom stereocenters. The monoisotopic (exact) mass is 1060 g/mol. The first-order chi connectivity index (χ1) is 42.7. The van der Waals surface area contributed by atoms with E-state index in [1.54, 1.807) is 36.9 Å². The van der Waals surface area contributed by atoms with Crippen LogP contribution in [0.3, 0.4) is 0 Å². The zero-order valence-corrected chi connectivity index (χ0v) is 44.6. The summed E-state index contributed by atoms with van der Waals surface area (Å²) in [5.74, 6) is 0. The summed E-state index contributed by atoms with van der Waals surface area (Å²) in [5, 5.41) is 3.01. The number of benzene rings is 9. The van der Waals surface area contributed by atoms with Gasteiger partial charge in [0.15, 0.2) is 0 Å². The SMILES string of the molecule is [2H]c1ccnc2c3ccc(-c4ccccc4-c4cc(-c5ccccc5-c5ccc6c7nccc(C([2H])([2H])[2H])c7c7nccn7c6c5)cc(-c5ccccc5-c5ccc(-c6ccccn6)cc5-c5ccc(-c6ccccc6)cc5)c4)cc3n3ccnc3c12. The molecule has 0 amide bonds. The summed E-state index contributed by atoms with van der Waals surface area (Å²) in [7, 11) is 0. The highest BCUT2D eigenvalue weighted by Crippen LogP contribution is 2.46. The van der Waals surface area contributed by atoms with E-state index < -0.39 is 6.85 Å². The summed E-state index contributed by atoms with van der Waals surface area (Å²) in [5.41, 5.74) is 23.5. The van der Waals surface area contributed by atoms with Crippen molar-refractivity contribution in [1.29, 1.82) is 0 Å². The van der Waals surface area contributed by atoms with Crippen LogP contribution in [0.25, 0.3) is 155 Å². The van der Waals surface area contributed by atoms with E-state index in [0.29, 0.717) is 28.2 Å². The molecule has 0 aliphatic rings. The van der Waals surface area contributed by atoms with Gasteiger partial charge in [-0.05, 0) is 168 Å². The predicted octanol–water partition coefficient (Wildman–Crippen LogP) is 19.1. The van der Waals surface area contributed by atoms with Crippen molar-refractivity contribution in [3.05, 3.63) is 286 Å². The minimum Gasteiger partial charge on any atom is -0.299 e. The van der Waals surface area contributed by atoms with Crippen molar-refractivity contribution in [2.24, 2.45) is 0 Å². The summed E-state index contributed by atoms with van der Waals surface area (Å²) < 4.78 is 38.2. The number of aryl methyl sites for hydroxylation is 1. The van der Waals surface area contributed by atoms with Crippen LogP contribution in [0.5, 0.6) is 0 Å². The Morgan fingerprint density at radius 3 is 1.47 bits per heavy atom. The Kier molecular flexibility index (Phi) is 10.3. The first-order valence-corrected chi connectivity index (χ1v) is 27.7. The minimum atomic E-state index is -2.36.